The van der Waals surface area contributed by atoms with Crippen LogP contribution in [-0.2, 0) is 14.8 Å². The Kier molecular flexibility index (Phi) is 5.44. The first kappa shape index (κ1) is 17.2. The number of nitrogens with one attached hydrogen (secondary N) is 1. The quantitative estimate of drug-likeness (QED) is 0.819. The second kappa shape index (κ2) is 6.95. The standard InChI is InChI=1S/C15H23NO5S/c1-3-21-14-5-4-13(10-12(14)2)22(18,19)16-11-15(17)6-8-20-9-7-15/h4-5,10,16-17H,3,6-9,11H2,1-2H3. The van der Waals surface area contributed by atoms with Crippen molar-refractivity contribution in [3.63, 3.8) is 0 Å². The lowest BCUT2D eigenvalue weighted by Crippen LogP contribution is -2.46. The zero-order valence-corrected chi connectivity index (χ0v) is 13.8. The zero-order chi connectivity index (χ0) is 16.2. The summed E-state index contributed by atoms with van der Waals surface area (Å²) in [4.78, 5) is 0.170. The molecule has 124 valence electrons. The van der Waals surface area contributed by atoms with Gasteiger partial charge in [0.2, 0.25) is 10.0 Å². The number of ether oxygens (including phenoxy) is 2. The maximum absolute atomic E-state index is 12.3. The third-order valence-electron chi connectivity index (χ3n) is 3.77. The molecule has 1 saturated heterocycles. The predicted molar refractivity (Wildman–Crippen MR) is 82.5 cm³/mol. The molecular weight excluding hydrogens is 306 g/mol. The number of benzene rings is 1. The molecule has 0 bridgehead atoms. The van der Waals surface area contributed by atoms with E-state index in [2.05, 4.69) is 4.72 Å². The van der Waals surface area contributed by atoms with E-state index >= 15 is 0 Å². The van der Waals surface area contributed by atoms with Gasteiger partial charge < -0.3 is 14.6 Å². The second-order valence-corrected chi connectivity index (χ2v) is 7.29. The van der Waals surface area contributed by atoms with Crippen molar-refractivity contribution < 1.29 is 23.0 Å². The Morgan fingerprint density at radius 2 is 2.05 bits per heavy atom. The van der Waals surface area contributed by atoms with Crippen LogP contribution in [0.1, 0.15) is 25.3 Å². The Hall–Kier alpha value is -1.15. The topological polar surface area (TPSA) is 84.9 Å². The molecule has 2 N–H and O–H groups in total. The summed E-state index contributed by atoms with van der Waals surface area (Å²) in [5.41, 5.74) is -0.277. The first-order valence-corrected chi connectivity index (χ1v) is 8.88. The van der Waals surface area contributed by atoms with Gasteiger partial charge in [0.25, 0.3) is 0 Å². The van der Waals surface area contributed by atoms with E-state index in [1.807, 2.05) is 6.92 Å². The highest BCUT2D eigenvalue weighted by atomic mass is 32.2. The van der Waals surface area contributed by atoms with Crippen molar-refractivity contribution in [2.24, 2.45) is 0 Å². The largest absolute Gasteiger partial charge is 0.494 e. The summed E-state index contributed by atoms with van der Waals surface area (Å²) in [6.07, 6.45) is 0.857. The average Bonchev–Trinajstić information content (AvgIpc) is 2.48. The number of rotatable bonds is 6. The summed E-state index contributed by atoms with van der Waals surface area (Å²) < 4.78 is 37.8. The fourth-order valence-electron chi connectivity index (χ4n) is 2.35. The Morgan fingerprint density at radius 3 is 2.64 bits per heavy atom. The molecule has 2 rings (SSSR count). The third kappa shape index (κ3) is 4.19. The Morgan fingerprint density at radius 1 is 1.36 bits per heavy atom. The molecule has 1 aromatic rings. The molecule has 7 heteroatoms. The summed E-state index contributed by atoms with van der Waals surface area (Å²) in [6.45, 7) is 5.09. The lowest BCUT2D eigenvalue weighted by Gasteiger charge is -2.32. The number of hydrogen-bond acceptors (Lipinski definition) is 5. The molecule has 0 amide bonds. The van der Waals surface area contributed by atoms with Gasteiger partial charge in [-0.2, -0.15) is 0 Å². The SMILES string of the molecule is CCOc1ccc(S(=O)(=O)NCC2(O)CCOCC2)cc1C. The molecule has 22 heavy (non-hydrogen) atoms. The van der Waals surface area contributed by atoms with Crippen LogP contribution < -0.4 is 9.46 Å². The summed E-state index contributed by atoms with van der Waals surface area (Å²) in [5.74, 6) is 0.671. The maximum Gasteiger partial charge on any atom is 0.240 e. The first-order chi connectivity index (χ1) is 10.4. The van der Waals surface area contributed by atoms with Gasteiger partial charge in [0.05, 0.1) is 17.1 Å². The smallest absolute Gasteiger partial charge is 0.240 e. The van der Waals surface area contributed by atoms with Crippen molar-refractivity contribution in [3.05, 3.63) is 23.8 Å². The molecule has 6 nitrogen and oxygen atoms in total. The van der Waals surface area contributed by atoms with E-state index in [1.54, 1.807) is 19.1 Å². The van der Waals surface area contributed by atoms with E-state index in [4.69, 9.17) is 9.47 Å². The number of sulfonamides is 1. The molecule has 1 aliphatic rings. The molecule has 0 saturated carbocycles. The molecule has 1 fully saturated rings. The molecule has 0 spiro atoms. The Bertz CT molecular complexity index is 608. The second-order valence-electron chi connectivity index (χ2n) is 5.52. The molecule has 1 aliphatic heterocycles. The fourth-order valence-corrected chi connectivity index (χ4v) is 3.55. The van der Waals surface area contributed by atoms with Crippen LogP contribution in [0.5, 0.6) is 5.75 Å². The van der Waals surface area contributed by atoms with Crippen LogP contribution in [0.25, 0.3) is 0 Å². The molecule has 1 heterocycles. The summed E-state index contributed by atoms with van der Waals surface area (Å²) in [7, 11) is -3.66. The van der Waals surface area contributed by atoms with Gasteiger partial charge in [-0.1, -0.05) is 0 Å². The normalized spacial score (nSPS) is 18.1. The van der Waals surface area contributed by atoms with Crippen molar-refractivity contribution >= 4 is 10.0 Å². The van der Waals surface area contributed by atoms with Gasteiger partial charge in [-0.05, 0) is 37.6 Å². The summed E-state index contributed by atoms with van der Waals surface area (Å²) in [5, 5.41) is 10.3. The monoisotopic (exact) mass is 329 g/mol. The minimum atomic E-state index is -3.66. The van der Waals surface area contributed by atoms with E-state index in [-0.39, 0.29) is 11.4 Å². The van der Waals surface area contributed by atoms with E-state index in [0.29, 0.717) is 38.4 Å². The molecule has 0 radical (unpaired) electrons. The molecule has 0 aliphatic carbocycles. The van der Waals surface area contributed by atoms with Crippen molar-refractivity contribution in [2.45, 2.75) is 37.2 Å². The minimum Gasteiger partial charge on any atom is -0.494 e. The van der Waals surface area contributed by atoms with Gasteiger partial charge in [-0.25, -0.2) is 13.1 Å². The zero-order valence-electron chi connectivity index (χ0n) is 13.0. The van der Waals surface area contributed by atoms with Gasteiger partial charge in [-0.3, -0.25) is 0 Å². The van der Waals surface area contributed by atoms with E-state index in [0.717, 1.165) is 5.56 Å². The van der Waals surface area contributed by atoms with Crippen LogP contribution >= 0.6 is 0 Å². The van der Waals surface area contributed by atoms with Crippen molar-refractivity contribution in [1.82, 2.24) is 4.72 Å². The highest BCUT2D eigenvalue weighted by molar-refractivity contribution is 7.89. The first-order valence-electron chi connectivity index (χ1n) is 7.39. The number of aliphatic hydroxyl groups is 1. The van der Waals surface area contributed by atoms with Gasteiger partial charge in [0.15, 0.2) is 0 Å². The molecule has 0 aromatic heterocycles. The van der Waals surface area contributed by atoms with Gasteiger partial charge in [0.1, 0.15) is 5.75 Å². The van der Waals surface area contributed by atoms with Crippen molar-refractivity contribution in [1.29, 1.82) is 0 Å². The molecule has 0 atom stereocenters. The van der Waals surface area contributed by atoms with Crippen LogP contribution in [-0.4, -0.2) is 45.5 Å². The lowest BCUT2D eigenvalue weighted by molar-refractivity contribution is -0.0588. The van der Waals surface area contributed by atoms with E-state index in [9.17, 15) is 13.5 Å². The molecular formula is C15H23NO5S. The summed E-state index contributed by atoms with van der Waals surface area (Å²) in [6, 6.07) is 4.73. The highest BCUT2D eigenvalue weighted by Gasteiger charge is 2.31. The number of aryl methyl sites for hydroxylation is 1. The van der Waals surface area contributed by atoms with Gasteiger partial charge in [-0.15, -0.1) is 0 Å². The van der Waals surface area contributed by atoms with Gasteiger partial charge >= 0.3 is 0 Å². The van der Waals surface area contributed by atoms with Gasteiger partial charge in [0, 0.05) is 32.6 Å². The van der Waals surface area contributed by atoms with Crippen LogP contribution in [0, 0.1) is 6.92 Å². The average molecular weight is 329 g/mol. The third-order valence-corrected chi connectivity index (χ3v) is 5.17. The Labute approximate surface area is 131 Å². The van der Waals surface area contributed by atoms with Crippen molar-refractivity contribution in [2.75, 3.05) is 26.4 Å². The predicted octanol–water partition coefficient (Wildman–Crippen LogP) is 1.21. The number of hydrogen-bond donors (Lipinski definition) is 2. The van der Waals surface area contributed by atoms with Crippen molar-refractivity contribution in [3.8, 4) is 5.75 Å². The van der Waals surface area contributed by atoms with Crippen LogP contribution in [0.2, 0.25) is 0 Å². The lowest BCUT2D eigenvalue weighted by atomic mass is 9.95. The van der Waals surface area contributed by atoms with E-state index < -0.39 is 15.6 Å². The van der Waals surface area contributed by atoms with Crippen LogP contribution in [0.15, 0.2) is 23.1 Å². The molecule has 0 unspecified atom stereocenters. The Balaban J connectivity index is 2.08. The summed E-state index contributed by atoms with van der Waals surface area (Å²) >= 11 is 0. The van der Waals surface area contributed by atoms with Crippen LogP contribution in [0.3, 0.4) is 0 Å². The van der Waals surface area contributed by atoms with Crippen LogP contribution in [0.4, 0.5) is 0 Å². The highest BCUT2D eigenvalue weighted by Crippen LogP contribution is 2.23. The molecule has 1 aromatic carbocycles. The maximum atomic E-state index is 12.3. The fraction of sp³-hybridized carbons (Fsp3) is 0.600. The minimum absolute atomic E-state index is 0.00898. The van der Waals surface area contributed by atoms with E-state index in [1.165, 1.54) is 6.07 Å².